The molecule has 0 amide bonds. The summed E-state index contributed by atoms with van der Waals surface area (Å²) in [5.74, 6) is 0. The van der Waals surface area contributed by atoms with E-state index >= 15 is 0 Å². The Morgan fingerprint density at radius 1 is 0.850 bits per heavy atom. The molecular formula is C18H24OSi. The van der Waals surface area contributed by atoms with Crippen molar-refractivity contribution < 1.29 is 4.43 Å². The quantitative estimate of drug-likeness (QED) is 0.764. The van der Waals surface area contributed by atoms with Crippen molar-refractivity contribution in [2.75, 3.05) is 0 Å². The Balaban J connectivity index is 2.72. The first-order valence-electron chi connectivity index (χ1n) is 7.24. The van der Waals surface area contributed by atoms with E-state index in [4.69, 9.17) is 4.43 Å². The van der Waals surface area contributed by atoms with Crippen molar-refractivity contribution in [3.8, 4) is 0 Å². The minimum atomic E-state index is -0.226. The maximum absolute atomic E-state index is 6.04. The van der Waals surface area contributed by atoms with E-state index in [1.807, 2.05) is 0 Å². The fourth-order valence-electron chi connectivity index (χ4n) is 3.32. The summed E-state index contributed by atoms with van der Waals surface area (Å²) in [5, 5.41) is 0. The van der Waals surface area contributed by atoms with E-state index in [-0.39, 0.29) is 11.0 Å². The molecule has 0 radical (unpaired) electrons. The second-order valence-electron chi connectivity index (χ2n) is 5.71. The van der Waals surface area contributed by atoms with Crippen molar-refractivity contribution in [2.45, 2.75) is 38.2 Å². The topological polar surface area (TPSA) is 9.23 Å². The van der Waals surface area contributed by atoms with E-state index in [9.17, 15) is 0 Å². The average Bonchev–Trinajstić information content (AvgIpc) is 2.50. The third kappa shape index (κ3) is 2.34. The van der Waals surface area contributed by atoms with Crippen LogP contribution in [0.25, 0.3) is 0 Å². The van der Waals surface area contributed by atoms with Crippen LogP contribution in [0.15, 0.2) is 60.7 Å². The maximum Gasteiger partial charge on any atom is 0.146 e. The van der Waals surface area contributed by atoms with Crippen molar-refractivity contribution in [3.05, 3.63) is 71.8 Å². The van der Waals surface area contributed by atoms with E-state index in [0.717, 1.165) is 16.9 Å². The highest BCUT2D eigenvalue weighted by Gasteiger charge is 2.46. The van der Waals surface area contributed by atoms with Crippen molar-refractivity contribution >= 4 is 10.5 Å². The number of hydrogen-bond acceptors (Lipinski definition) is 1. The third-order valence-corrected chi connectivity index (χ3v) is 5.62. The molecule has 0 aromatic heterocycles. The van der Waals surface area contributed by atoms with Gasteiger partial charge in [0.1, 0.15) is 10.5 Å². The van der Waals surface area contributed by atoms with Gasteiger partial charge in [-0.05, 0) is 31.4 Å². The van der Waals surface area contributed by atoms with E-state index in [2.05, 4.69) is 81.4 Å². The highest BCUT2D eigenvalue weighted by Crippen LogP contribution is 2.45. The Labute approximate surface area is 125 Å². The highest BCUT2D eigenvalue weighted by atomic mass is 28.2. The molecular weight excluding hydrogens is 260 g/mol. The molecule has 0 spiro atoms. The molecule has 0 aliphatic heterocycles. The predicted molar refractivity (Wildman–Crippen MR) is 89.1 cm³/mol. The molecule has 2 aromatic carbocycles. The molecule has 1 nitrogen and oxygen atoms in total. The molecule has 106 valence electrons. The minimum absolute atomic E-state index is 0.114. The van der Waals surface area contributed by atoms with Gasteiger partial charge < -0.3 is 4.43 Å². The van der Waals surface area contributed by atoms with Gasteiger partial charge in [-0.1, -0.05) is 67.6 Å². The number of benzene rings is 2. The lowest BCUT2D eigenvalue weighted by Gasteiger charge is -2.47. The van der Waals surface area contributed by atoms with Crippen LogP contribution in [0.4, 0.5) is 0 Å². The van der Waals surface area contributed by atoms with Gasteiger partial charge in [0, 0.05) is 5.41 Å². The molecule has 20 heavy (non-hydrogen) atoms. The molecule has 0 aliphatic carbocycles. The van der Waals surface area contributed by atoms with Crippen molar-refractivity contribution in [3.63, 3.8) is 0 Å². The molecule has 0 saturated heterocycles. The van der Waals surface area contributed by atoms with E-state index in [0.29, 0.717) is 0 Å². The molecule has 0 fully saturated rings. The van der Waals surface area contributed by atoms with Gasteiger partial charge in [0.15, 0.2) is 0 Å². The third-order valence-electron chi connectivity index (χ3n) is 4.60. The van der Waals surface area contributed by atoms with Gasteiger partial charge in [0.05, 0.1) is 5.60 Å². The van der Waals surface area contributed by atoms with Crippen LogP contribution in [0, 0.1) is 0 Å². The van der Waals surface area contributed by atoms with Gasteiger partial charge in [-0.15, -0.1) is 0 Å². The minimum Gasteiger partial charge on any atom is -0.422 e. The van der Waals surface area contributed by atoms with Crippen LogP contribution in [0.3, 0.4) is 0 Å². The van der Waals surface area contributed by atoms with Gasteiger partial charge in [0.2, 0.25) is 0 Å². The van der Waals surface area contributed by atoms with Crippen LogP contribution in [0.2, 0.25) is 0 Å². The first-order valence-corrected chi connectivity index (χ1v) is 8.06. The fourth-order valence-corrected chi connectivity index (χ4v) is 3.66. The number of rotatable bonds is 5. The molecule has 0 N–H and O–H groups in total. The monoisotopic (exact) mass is 284 g/mol. The molecule has 2 aromatic rings. The summed E-state index contributed by atoms with van der Waals surface area (Å²) in [6.07, 6.45) is 1.01. The zero-order valence-electron chi connectivity index (χ0n) is 12.9. The summed E-state index contributed by atoms with van der Waals surface area (Å²) in [6.45, 7) is 6.68. The van der Waals surface area contributed by atoms with Crippen molar-refractivity contribution in [1.29, 1.82) is 0 Å². The van der Waals surface area contributed by atoms with E-state index < -0.39 is 0 Å². The Morgan fingerprint density at radius 3 is 1.55 bits per heavy atom. The standard InChI is InChI=1S/C18H24OSi/c1-4-18(17(2,3)19-20,15-11-7-5-8-12-15)16-13-9-6-10-14-16/h5-14H,4H2,1-3,20H3. The van der Waals surface area contributed by atoms with Crippen molar-refractivity contribution in [1.82, 2.24) is 0 Å². The second kappa shape index (κ2) is 5.94. The van der Waals surface area contributed by atoms with Crippen LogP contribution in [-0.4, -0.2) is 16.1 Å². The lowest BCUT2D eigenvalue weighted by atomic mass is 9.63. The summed E-state index contributed by atoms with van der Waals surface area (Å²) >= 11 is 0. The van der Waals surface area contributed by atoms with Crippen LogP contribution < -0.4 is 0 Å². The Morgan fingerprint density at radius 2 is 1.25 bits per heavy atom. The van der Waals surface area contributed by atoms with Crippen LogP contribution in [-0.2, 0) is 9.84 Å². The lowest BCUT2D eigenvalue weighted by Crippen LogP contribution is -2.49. The molecule has 0 aliphatic rings. The molecule has 0 saturated carbocycles. The normalized spacial score (nSPS) is 12.6. The summed E-state index contributed by atoms with van der Waals surface area (Å²) in [4.78, 5) is 0. The summed E-state index contributed by atoms with van der Waals surface area (Å²) < 4.78 is 6.04. The lowest BCUT2D eigenvalue weighted by molar-refractivity contribution is 0.0444. The number of hydrogen-bond donors (Lipinski definition) is 0. The fraction of sp³-hybridized carbons (Fsp3) is 0.333. The van der Waals surface area contributed by atoms with Gasteiger partial charge >= 0.3 is 0 Å². The van der Waals surface area contributed by atoms with Crippen LogP contribution in [0.5, 0.6) is 0 Å². The summed E-state index contributed by atoms with van der Waals surface area (Å²) in [6, 6.07) is 21.5. The summed E-state index contributed by atoms with van der Waals surface area (Å²) in [7, 11) is 0.735. The molecule has 0 heterocycles. The largest absolute Gasteiger partial charge is 0.422 e. The Hall–Kier alpha value is -1.38. The smallest absolute Gasteiger partial charge is 0.146 e. The SMILES string of the molecule is CCC(c1ccccc1)(c1ccccc1)C(C)(C)O[SiH3]. The molecule has 2 rings (SSSR count). The zero-order valence-corrected chi connectivity index (χ0v) is 14.9. The van der Waals surface area contributed by atoms with Gasteiger partial charge in [0.25, 0.3) is 0 Å². The Bertz CT molecular complexity index is 494. The maximum atomic E-state index is 6.04. The second-order valence-corrected chi connectivity index (χ2v) is 6.11. The molecule has 0 bridgehead atoms. The first kappa shape index (κ1) is 15.0. The first-order chi connectivity index (χ1) is 9.58. The molecule has 0 unspecified atom stereocenters. The van der Waals surface area contributed by atoms with Crippen LogP contribution in [0.1, 0.15) is 38.3 Å². The molecule has 2 heteroatoms. The van der Waals surface area contributed by atoms with Crippen LogP contribution >= 0.6 is 0 Å². The predicted octanol–water partition coefficient (Wildman–Crippen LogP) is 3.46. The van der Waals surface area contributed by atoms with Crippen molar-refractivity contribution in [2.24, 2.45) is 0 Å². The summed E-state index contributed by atoms with van der Waals surface area (Å²) in [5.41, 5.74) is 2.32. The van der Waals surface area contributed by atoms with E-state index in [1.165, 1.54) is 11.1 Å². The highest BCUT2D eigenvalue weighted by molar-refractivity contribution is 5.98. The van der Waals surface area contributed by atoms with E-state index in [1.54, 1.807) is 0 Å². The van der Waals surface area contributed by atoms with Gasteiger partial charge in [-0.2, -0.15) is 0 Å². The molecule has 0 atom stereocenters. The van der Waals surface area contributed by atoms with Gasteiger partial charge in [-0.25, -0.2) is 0 Å². The Kier molecular flexibility index (Phi) is 4.46. The average molecular weight is 284 g/mol. The zero-order chi connectivity index (χ0) is 14.6. The van der Waals surface area contributed by atoms with Gasteiger partial charge in [-0.3, -0.25) is 0 Å².